The maximum atomic E-state index is 5.59. The third-order valence-corrected chi connectivity index (χ3v) is 4.15. The molecule has 25 heavy (non-hydrogen) atoms. The van der Waals surface area contributed by atoms with E-state index in [1.54, 1.807) is 7.05 Å². The van der Waals surface area contributed by atoms with Crippen molar-refractivity contribution in [3.63, 3.8) is 0 Å². The number of guanidine groups is 1. The van der Waals surface area contributed by atoms with Crippen molar-refractivity contribution in [1.82, 2.24) is 20.5 Å². The lowest BCUT2D eigenvalue weighted by atomic mass is 10.0. The van der Waals surface area contributed by atoms with Gasteiger partial charge >= 0.3 is 0 Å². The van der Waals surface area contributed by atoms with Gasteiger partial charge in [0.15, 0.2) is 5.96 Å². The van der Waals surface area contributed by atoms with E-state index in [1.807, 2.05) is 26.0 Å². The fourth-order valence-electron chi connectivity index (χ4n) is 2.66. The molecule has 0 saturated carbocycles. The maximum absolute atomic E-state index is 5.59. The summed E-state index contributed by atoms with van der Waals surface area (Å²) in [7, 11) is 1.76. The average Bonchev–Trinajstić information content (AvgIpc) is 2.88. The monoisotopic (exact) mass is 347 g/mol. The Morgan fingerprint density at radius 1 is 1.24 bits per heavy atom. The maximum Gasteiger partial charge on any atom is 0.214 e. The highest BCUT2D eigenvalue weighted by Crippen LogP contribution is 2.11. The van der Waals surface area contributed by atoms with Crippen LogP contribution in [0.15, 0.2) is 34.7 Å². The smallest absolute Gasteiger partial charge is 0.214 e. The van der Waals surface area contributed by atoms with Crippen LogP contribution in [0, 0.1) is 19.8 Å². The molecule has 1 aromatic heterocycles. The normalized spacial score (nSPS) is 13.2. The van der Waals surface area contributed by atoms with Crippen molar-refractivity contribution < 1.29 is 4.42 Å². The van der Waals surface area contributed by atoms with Crippen LogP contribution in [0.5, 0.6) is 0 Å². The second kappa shape index (κ2) is 10.7. The van der Waals surface area contributed by atoms with E-state index in [9.17, 15) is 0 Å². The van der Waals surface area contributed by atoms with Gasteiger partial charge in [-0.15, -0.1) is 13.2 Å². The summed E-state index contributed by atoms with van der Waals surface area (Å²) in [6.07, 6.45) is 3.86. The summed E-state index contributed by atoms with van der Waals surface area (Å²) in [6, 6.07) is 0.348. The molecule has 0 radical (unpaired) electrons. The molecule has 1 aromatic rings. The molecule has 140 valence electrons. The van der Waals surface area contributed by atoms with E-state index in [0.29, 0.717) is 24.4 Å². The quantitative estimate of drug-likeness (QED) is 0.387. The Hall–Kier alpha value is -2.08. The van der Waals surface area contributed by atoms with Crippen molar-refractivity contribution in [2.24, 2.45) is 10.9 Å². The lowest BCUT2D eigenvalue weighted by Crippen LogP contribution is -2.49. The van der Waals surface area contributed by atoms with Crippen LogP contribution in [0.3, 0.4) is 0 Å². The van der Waals surface area contributed by atoms with Gasteiger partial charge in [-0.2, -0.15) is 0 Å². The number of hydrogen-bond acceptors (Lipinski definition) is 4. The Bertz CT molecular complexity index is 547. The first-order valence-corrected chi connectivity index (χ1v) is 8.76. The van der Waals surface area contributed by atoms with Crippen molar-refractivity contribution in [3.8, 4) is 0 Å². The molecule has 0 aliphatic heterocycles. The number of nitrogens with one attached hydrogen (secondary N) is 2. The minimum absolute atomic E-state index is 0.348. The van der Waals surface area contributed by atoms with Gasteiger partial charge < -0.3 is 15.1 Å². The van der Waals surface area contributed by atoms with Gasteiger partial charge in [0.25, 0.3) is 0 Å². The van der Waals surface area contributed by atoms with Crippen LogP contribution in [0.25, 0.3) is 0 Å². The first kappa shape index (κ1) is 21.0. The molecular weight excluding hydrogens is 314 g/mol. The summed E-state index contributed by atoms with van der Waals surface area (Å²) in [5, 5.41) is 6.65. The molecule has 1 heterocycles. The highest BCUT2D eigenvalue weighted by molar-refractivity contribution is 5.79. The topological polar surface area (TPSA) is 65.7 Å². The number of aromatic nitrogens is 1. The first-order valence-electron chi connectivity index (χ1n) is 8.76. The third kappa shape index (κ3) is 6.74. The Kier molecular flexibility index (Phi) is 8.99. The summed E-state index contributed by atoms with van der Waals surface area (Å²) in [4.78, 5) is 11.0. The Morgan fingerprint density at radius 3 is 2.32 bits per heavy atom. The summed E-state index contributed by atoms with van der Waals surface area (Å²) in [5.41, 5.74) is 0.920. The zero-order valence-corrected chi connectivity index (χ0v) is 16.3. The third-order valence-electron chi connectivity index (χ3n) is 4.15. The molecule has 0 aliphatic rings. The number of aryl methyl sites for hydroxylation is 2. The summed E-state index contributed by atoms with van der Waals surface area (Å²) in [5.74, 6) is 2.74. The number of aliphatic imine (C=N–C) groups is 1. The molecule has 1 unspecified atom stereocenters. The molecule has 0 saturated heterocycles. The van der Waals surface area contributed by atoms with Gasteiger partial charge in [0.2, 0.25) is 5.89 Å². The van der Waals surface area contributed by atoms with Crippen LogP contribution >= 0.6 is 0 Å². The predicted molar refractivity (Wildman–Crippen MR) is 105 cm³/mol. The summed E-state index contributed by atoms with van der Waals surface area (Å²) >= 11 is 0. The fourth-order valence-corrected chi connectivity index (χ4v) is 2.66. The molecule has 2 N–H and O–H groups in total. The molecule has 6 nitrogen and oxygen atoms in total. The van der Waals surface area contributed by atoms with E-state index in [1.165, 1.54) is 0 Å². The molecule has 0 aliphatic carbocycles. The van der Waals surface area contributed by atoms with Crippen molar-refractivity contribution >= 4 is 5.96 Å². The summed E-state index contributed by atoms with van der Waals surface area (Å²) < 4.78 is 5.59. The second-order valence-electron chi connectivity index (χ2n) is 6.40. The van der Waals surface area contributed by atoms with Crippen molar-refractivity contribution in [2.45, 2.75) is 40.3 Å². The van der Waals surface area contributed by atoms with Crippen molar-refractivity contribution in [2.75, 3.05) is 26.7 Å². The minimum Gasteiger partial charge on any atom is -0.444 e. The van der Waals surface area contributed by atoms with E-state index < -0.39 is 0 Å². The molecular formula is C19H33N5O. The highest BCUT2D eigenvalue weighted by atomic mass is 16.4. The Morgan fingerprint density at radius 2 is 1.88 bits per heavy atom. The molecule has 1 rings (SSSR count). The SMILES string of the molecule is C=CCN(CC=C)C(CNC(=NC)NCc1nc(C)c(C)o1)C(C)C. The molecule has 1 atom stereocenters. The Labute approximate surface area is 152 Å². The van der Waals surface area contributed by atoms with Crippen molar-refractivity contribution in [1.29, 1.82) is 0 Å². The lowest BCUT2D eigenvalue weighted by molar-refractivity contribution is 0.190. The number of oxazole rings is 1. The van der Waals surface area contributed by atoms with Crippen molar-refractivity contribution in [3.05, 3.63) is 42.7 Å². The molecule has 0 aromatic carbocycles. The average molecular weight is 348 g/mol. The van der Waals surface area contributed by atoms with Gasteiger partial charge in [-0.25, -0.2) is 4.98 Å². The van der Waals surface area contributed by atoms with Gasteiger partial charge in [0, 0.05) is 32.7 Å². The highest BCUT2D eigenvalue weighted by Gasteiger charge is 2.20. The van der Waals surface area contributed by atoms with E-state index in [4.69, 9.17) is 4.42 Å². The van der Waals surface area contributed by atoms with Gasteiger partial charge in [0.05, 0.1) is 12.2 Å². The van der Waals surface area contributed by atoms with E-state index in [0.717, 1.165) is 37.0 Å². The zero-order valence-electron chi connectivity index (χ0n) is 16.3. The predicted octanol–water partition coefficient (Wildman–Crippen LogP) is 2.66. The van der Waals surface area contributed by atoms with Gasteiger partial charge in [0.1, 0.15) is 5.76 Å². The van der Waals surface area contributed by atoms with E-state index in [-0.39, 0.29) is 0 Å². The van der Waals surface area contributed by atoms with Crippen LogP contribution in [0.2, 0.25) is 0 Å². The number of rotatable bonds is 10. The van der Waals surface area contributed by atoms with Crippen LogP contribution in [-0.4, -0.2) is 48.6 Å². The summed E-state index contributed by atoms with van der Waals surface area (Å²) in [6.45, 7) is 19.0. The van der Waals surface area contributed by atoms with Crippen LogP contribution in [0.4, 0.5) is 0 Å². The lowest BCUT2D eigenvalue weighted by Gasteiger charge is -2.33. The minimum atomic E-state index is 0.348. The second-order valence-corrected chi connectivity index (χ2v) is 6.40. The van der Waals surface area contributed by atoms with E-state index in [2.05, 4.69) is 52.5 Å². The zero-order chi connectivity index (χ0) is 18.8. The molecule has 0 bridgehead atoms. The molecule has 0 spiro atoms. The molecule has 6 heteroatoms. The fraction of sp³-hybridized carbons (Fsp3) is 0.579. The van der Waals surface area contributed by atoms with Crippen LogP contribution < -0.4 is 10.6 Å². The number of hydrogen-bond donors (Lipinski definition) is 2. The first-order chi connectivity index (χ1) is 11.9. The van der Waals surface area contributed by atoms with Gasteiger partial charge in [-0.05, 0) is 19.8 Å². The van der Waals surface area contributed by atoms with Gasteiger partial charge in [-0.3, -0.25) is 9.89 Å². The molecule has 0 fully saturated rings. The molecule has 0 amide bonds. The Balaban J connectivity index is 2.62. The van der Waals surface area contributed by atoms with Gasteiger partial charge in [-0.1, -0.05) is 26.0 Å². The standard InChI is InChI=1S/C19H33N5O/c1-8-10-24(11-9-2)17(14(3)4)12-21-19(20-7)22-13-18-23-15(5)16(6)25-18/h8-9,14,17H,1-2,10-13H2,3-7H3,(H2,20,21,22). The van der Waals surface area contributed by atoms with E-state index >= 15 is 0 Å². The van der Waals surface area contributed by atoms with Crippen LogP contribution in [-0.2, 0) is 6.54 Å². The van der Waals surface area contributed by atoms with Crippen LogP contribution in [0.1, 0.15) is 31.2 Å². The number of nitrogens with zero attached hydrogens (tertiary/aromatic N) is 3. The largest absolute Gasteiger partial charge is 0.444 e.